The van der Waals surface area contributed by atoms with Crippen molar-refractivity contribution in [3.63, 3.8) is 0 Å². The second-order valence-corrected chi connectivity index (χ2v) is 10.3. The number of aromatic amines is 1. The summed E-state index contributed by atoms with van der Waals surface area (Å²) in [5.74, 6) is 0.227. The number of allylic oxidation sites excluding steroid dienone is 1. The molecule has 4 rings (SSSR count). The fourth-order valence-electron chi connectivity index (χ4n) is 4.45. The maximum atomic E-state index is 13.7. The van der Waals surface area contributed by atoms with Gasteiger partial charge in [0.05, 0.1) is 17.9 Å². The van der Waals surface area contributed by atoms with Crippen LogP contribution in [0.1, 0.15) is 80.6 Å². The van der Waals surface area contributed by atoms with Gasteiger partial charge in [0.15, 0.2) is 5.78 Å². The number of anilines is 1. The lowest BCUT2D eigenvalue weighted by Crippen LogP contribution is -2.32. The van der Waals surface area contributed by atoms with Crippen molar-refractivity contribution in [1.82, 2.24) is 15.5 Å². The first-order chi connectivity index (χ1) is 20.9. The number of ether oxygens (including phenoxy) is 1. The average molecular weight is 614 g/mol. The van der Waals surface area contributed by atoms with Gasteiger partial charge in [0.1, 0.15) is 17.9 Å². The monoisotopic (exact) mass is 613 g/mol. The molecule has 3 aromatic rings. The van der Waals surface area contributed by atoms with Crippen molar-refractivity contribution in [3.8, 4) is 5.75 Å². The number of H-pyrrole nitrogens is 1. The van der Waals surface area contributed by atoms with Crippen LogP contribution in [0.3, 0.4) is 0 Å². The highest BCUT2D eigenvalue weighted by atomic mass is 19.4. The molecular weight excluding hydrogens is 571 g/mol. The molecule has 1 unspecified atom stereocenters. The number of Topliss-reactive ketones (excluding diaryl/α,β-unsaturated/α-hetero) is 1. The molecule has 11 heteroatoms. The molecular formula is C33H42F3N5O3. The molecule has 1 aromatic heterocycles. The van der Waals surface area contributed by atoms with E-state index in [1.807, 2.05) is 23.3 Å². The van der Waals surface area contributed by atoms with E-state index in [4.69, 9.17) is 10.1 Å². The molecule has 3 N–H and O–H groups in total. The molecule has 2 heterocycles. The van der Waals surface area contributed by atoms with Crippen molar-refractivity contribution in [1.29, 1.82) is 5.41 Å². The van der Waals surface area contributed by atoms with Crippen molar-refractivity contribution in [2.45, 2.75) is 66.2 Å². The standard InChI is InChI=1S/C24H22F3N3O3.C7H15N.C2H5N/c1-14(2)22(31)15-7-5-8-17(10-15)33-13-20-18-9-4-3-6-16(18)12-30(20)19-11-28-29-23(32)21(19)24(25,26)27;1-4-6-8-7(3)5-2;1-2-3/h3-11,14,20H,12-13H2,1-2H3,(H,29,32);8H,3-6H2,1-2H3;2-3H,1H3. The molecule has 0 radical (unpaired) electrons. The number of benzene rings is 2. The Labute approximate surface area is 256 Å². The SMILES string of the molecule is C=C(CC)NCCC.CC(C)C(=O)c1cccc(OCC2c3ccccc3CN2c2cn[nH]c(=O)c2C(F)(F)F)c1.CC=N. The van der Waals surface area contributed by atoms with Gasteiger partial charge in [-0.15, -0.1) is 0 Å². The van der Waals surface area contributed by atoms with Gasteiger partial charge in [0.25, 0.3) is 5.56 Å². The minimum atomic E-state index is -4.85. The third kappa shape index (κ3) is 9.82. The number of nitrogens with one attached hydrogen (secondary N) is 3. The predicted molar refractivity (Wildman–Crippen MR) is 169 cm³/mol. The van der Waals surface area contributed by atoms with E-state index in [1.165, 1.54) is 17.5 Å². The maximum Gasteiger partial charge on any atom is 0.423 e. The molecule has 0 spiro atoms. The third-order valence-corrected chi connectivity index (χ3v) is 6.66. The Kier molecular flexibility index (Phi) is 13.8. The Bertz CT molecular complexity index is 1450. The molecule has 44 heavy (non-hydrogen) atoms. The summed E-state index contributed by atoms with van der Waals surface area (Å²) >= 11 is 0. The van der Waals surface area contributed by atoms with Crippen LogP contribution in [0.4, 0.5) is 18.9 Å². The number of ketones is 1. The number of hydrogen-bond donors (Lipinski definition) is 3. The summed E-state index contributed by atoms with van der Waals surface area (Å²) in [6.07, 6.45) is -0.359. The molecule has 0 saturated carbocycles. The van der Waals surface area contributed by atoms with Crippen molar-refractivity contribution in [2.24, 2.45) is 5.92 Å². The van der Waals surface area contributed by atoms with Gasteiger partial charge in [-0.2, -0.15) is 18.3 Å². The minimum absolute atomic E-state index is 0.0143. The predicted octanol–water partition coefficient (Wildman–Crippen LogP) is 7.33. The van der Waals surface area contributed by atoms with E-state index in [9.17, 15) is 22.8 Å². The largest absolute Gasteiger partial charge is 0.491 e. The van der Waals surface area contributed by atoms with Crippen LogP contribution < -0.4 is 20.5 Å². The van der Waals surface area contributed by atoms with Gasteiger partial charge < -0.3 is 20.4 Å². The lowest BCUT2D eigenvalue weighted by Gasteiger charge is -2.29. The number of carbonyl (C=O) groups is 1. The normalized spacial score (nSPS) is 13.6. The molecule has 0 aliphatic carbocycles. The van der Waals surface area contributed by atoms with Crippen molar-refractivity contribution >= 4 is 17.7 Å². The van der Waals surface area contributed by atoms with Gasteiger partial charge in [-0.25, -0.2) is 5.10 Å². The molecule has 0 saturated heterocycles. The second kappa shape index (κ2) is 17.0. The van der Waals surface area contributed by atoms with Gasteiger partial charge in [-0.3, -0.25) is 9.59 Å². The molecule has 0 fully saturated rings. The summed E-state index contributed by atoms with van der Waals surface area (Å²) in [6, 6.07) is 13.4. The van der Waals surface area contributed by atoms with E-state index < -0.39 is 23.3 Å². The number of aromatic nitrogens is 2. The number of halogens is 3. The van der Waals surface area contributed by atoms with Crippen LogP contribution in [0.15, 0.2) is 71.8 Å². The van der Waals surface area contributed by atoms with Gasteiger partial charge in [-0.05, 0) is 49.2 Å². The summed E-state index contributed by atoms with van der Waals surface area (Å²) in [4.78, 5) is 25.8. The fraction of sp³-hybridized carbons (Fsp3) is 0.394. The van der Waals surface area contributed by atoms with E-state index in [2.05, 4.69) is 30.8 Å². The highest BCUT2D eigenvalue weighted by Gasteiger charge is 2.42. The second-order valence-electron chi connectivity index (χ2n) is 10.3. The van der Waals surface area contributed by atoms with E-state index in [0.29, 0.717) is 11.3 Å². The Morgan fingerprint density at radius 2 is 1.91 bits per heavy atom. The number of carbonyl (C=O) groups excluding carboxylic acids is 1. The summed E-state index contributed by atoms with van der Waals surface area (Å²) in [5, 5.41) is 14.8. The summed E-state index contributed by atoms with van der Waals surface area (Å²) in [6.45, 7) is 14.6. The van der Waals surface area contributed by atoms with Crippen LogP contribution in [-0.4, -0.2) is 35.3 Å². The Morgan fingerprint density at radius 1 is 1.23 bits per heavy atom. The fourth-order valence-corrected chi connectivity index (χ4v) is 4.45. The molecule has 1 atom stereocenters. The van der Waals surface area contributed by atoms with Crippen LogP contribution >= 0.6 is 0 Å². The number of fused-ring (bicyclic) bond motifs is 1. The lowest BCUT2D eigenvalue weighted by atomic mass is 10.0. The zero-order chi connectivity index (χ0) is 32.9. The van der Waals surface area contributed by atoms with Crippen LogP contribution in [-0.2, 0) is 12.7 Å². The number of alkyl halides is 3. The minimum Gasteiger partial charge on any atom is -0.491 e. The summed E-state index contributed by atoms with van der Waals surface area (Å²) < 4.78 is 47.1. The summed E-state index contributed by atoms with van der Waals surface area (Å²) in [5.41, 5.74) is 0.398. The van der Waals surface area contributed by atoms with Gasteiger partial charge in [0, 0.05) is 30.3 Å². The average Bonchev–Trinajstić information content (AvgIpc) is 3.37. The van der Waals surface area contributed by atoms with Crippen LogP contribution in [0, 0.1) is 11.3 Å². The van der Waals surface area contributed by atoms with E-state index in [0.717, 1.165) is 36.0 Å². The number of rotatable bonds is 10. The molecule has 8 nitrogen and oxygen atoms in total. The molecule has 2 aromatic carbocycles. The smallest absolute Gasteiger partial charge is 0.423 e. The Hall–Kier alpha value is -4.41. The molecule has 1 aliphatic rings. The highest BCUT2D eigenvalue weighted by molar-refractivity contribution is 5.97. The highest BCUT2D eigenvalue weighted by Crippen LogP contribution is 2.42. The molecule has 1 aliphatic heterocycles. The molecule has 0 amide bonds. The summed E-state index contributed by atoms with van der Waals surface area (Å²) in [7, 11) is 0. The first-order valence-electron chi connectivity index (χ1n) is 14.5. The van der Waals surface area contributed by atoms with E-state index in [1.54, 1.807) is 51.1 Å². The maximum absolute atomic E-state index is 13.7. The number of hydrogen-bond acceptors (Lipinski definition) is 7. The van der Waals surface area contributed by atoms with Gasteiger partial charge >= 0.3 is 6.18 Å². The Balaban J connectivity index is 0.000000527. The quantitative estimate of drug-likeness (QED) is 0.163. The van der Waals surface area contributed by atoms with E-state index >= 15 is 0 Å². The van der Waals surface area contributed by atoms with Crippen molar-refractivity contribution in [3.05, 3.63) is 99.6 Å². The molecule has 238 valence electrons. The van der Waals surface area contributed by atoms with E-state index in [-0.39, 0.29) is 30.5 Å². The van der Waals surface area contributed by atoms with Crippen LogP contribution in [0.25, 0.3) is 0 Å². The number of nitrogens with zero attached hydrogens (tertiary/aromatic N) is 2. The Morgan fingerprint density at radius 3 is 2.52 bits per heavy atom. The lowest BCUT2D eigenvalue weighted by molar-refractivity contribution is -0.138. The zero-order valence-electron chi connectivity index (χ0n) is 25.9. The van der Waals surface area contributed by atoms with Gasteiger partial charge in [0.2, 0.25) is 0 Å². The van der Waals surface area contributed by atoms with Gasteiger partial charge in [-0.1, -0.05) is 70.7 Å². The van der Waals surface area contributed by atoms with Crippen LogP contribution in [0.2, 0.25) is 0 Å². The molecule has 0 bridgehead atoms. The van der Waals surface area contributed by atoms with Crippen molar-refractivity contribution in [2.75, 3.05) is 18.1 Å². The topological polar surface area (TPSA) is 111 Å². The first-order valence-corrected chi connectivity index (χ1v) is 14.5. The van der Waals surface area contributed by atoms with Crippen molar-refractivity contribution < 1.29 is 22.7 Å². The first kappa shape index (κ1) is 35.8. The van der Waals surface area contributed by atoms with Crippen LogP contribution in [0.5, 0.6) is 5.75 Å². The zero-order valence-corrected chi connectivity index (χ0v) is 25.9. The third-order valence-electron chi connectivity index (χ3n) is 6.66.